The smallest absolute Gasteiger partial charge is 0.161 e. The molecule has 5 heterocycles. The molecule has 0 N–H and O–H groups in total. The van der Waals surface area contributed by atoms with Crippen LogP contribution in [0, 0.1) is 0 Å². The SMILES string of the molecule is C1CCN(CCOCCSCCN2CCCCC2)CC1.CCCCCCCCSCCN(C)C.CCCCOc1ccc(SCCCCN2CCCCC2)cc1.CCN1CCCCC1COCCOCCS.CCOc1ccccc1OCCN1CCCCC1. The number of likely N-dealkylation sites (tertiary alicyclic amines) is 5. The highest BCUT2D eigenvalue weighted by atomic mass is 32.2. The lowest BCUT2D eigenvalue weighted by molar-refractivity contribution is 0.0121. The summed E-state index contributed by atoms with van der Waals surface area (Å²) in [6.07, 6.45) is 34.2. The molecular formula is C74H138N6O6S4. The Bertz CT molecular complexity index is 1790. The fourth-order valence-corrected chi connectivity index (χ4v) is 14.6. The summed E-state index contributed by atoms with van der Waals surface area (Å²) in [7, 11) is 4.29. The molecule has 7 rings (SSSR count). The first-order valence-corrected chi connectivity index (χ1v) is 40.8. The van der Waals surface area contributed by atoms with Crippen molar-refractivity contribution in [2.75, 3.05) is 206 Å². The summed E-state index contributed by atoms with van der Waals surface area (Å²) < 4.78 is 33.8. The van der Waals surface area contributed by atoms with Gasteiger partial charge in [-0.25, -0.2) is 0 Å². The number of thioether (sulfide) groups is 3. The lowest BCUT2D eigenvalue weighted by atomic mass is 10.0. The molecule has 2 aromatic carbocycles. The second-order valence-corrected chi connectivity index (χ2v) is 29.2. The van der Waals surface area contributed by atoms with Crippen molar-refractivity contribution in [2.45, 2.75) is 199 Å². The molecule has 2 aromatic rings. The minimum atomic E-state index is 0.628. The Morgan fingerprint density at radius 1 is 0.444 bits per heavy atom. The molecule has 5 saturated heterocycles. The molecule has 0 bridgehead atoms. The van der Waals surface area contributed by atoms with Crippen molar-refractivity contribution < 1.29 is 28.4 Å². The van der Waals surface area contributed by atoms with Crippen molar-refractivity contribution >= 4 is 47.9 Å². The Kier molecular flexibility index (Phi) is 56.8. The van der Waals surface area contributed by atoms with E-state index in [0.717, 1.165) is 94.5 Å². The average molecular weight is 1340 g/mol. The van der Waals surface area contributed by atoms with Crippen LogP contribution in [0.1, 0.15) is 188 Å². The number of benzene rings is 2. The number of nitrogens with zero attached hydrogens (tertiary/aromatic N) is 6. The summed E-state index contributed by atoms with van der Waals surface area (Å²) in [4.78, 5) is 16.4. The third-order valence-electron chi connectivity index (χ3n) is 17.2. The van der Waals surface area contributed by atoms with E-state index in [1.54, 1.807) is 0 Å². The molecule has 524 valence electrons. The summed E-state index contributed by atoms with van der Waals surface area (Å²) >= 11 is 10.2. The van der Waals surface area contributed by atoms with Crippen LogP contribution in [0.25, 0.3) is 0 Å². The van der Waals surface area contributed by atoms with E-state index in [0.29, 0.717) is 25.9 Å². The first-order valence-electron chi connectivity index (χ1n) is 36.9. The van der Waals surface area contributed by atoms with Gasteiger partial charge in [0.1, 0.15) is 12.4 Å². The van der Waals surface area contributed by atoms with Crippen LogP contribution in [0.4, 0.5) is 0 Å². The van der Waals surface area contributed by atoms with Crippen molar-refractivity contribution in [3.63, 3.8) is 0 Å². The number of ether oxygens (including phenoxy) is 6. The van der Waals surface area contributed by atoms with Gasteiger partial charge in [-0.2, -0.15) is 36.2 Å². The number of likely N-dealkylation sites (N-methyl/N-ethyl adjacent to an activating group) is 1. The fraction of sp³-hybridized carbons (Fsp3) is 0.838. The van der Waals surface area contributed by atoms with Crippen molar-refractivity contribution in [2.24, 2.45) is 0 Å². The zero-order valence-corrected chi connectivity index (χ0v) is 62.2. The van der Waals surface area contributed by atoms with E-state index in [-0.39, 0.29) is 0 Å². The van der Waals surface area contributed by atoms with Crippen LogP contribution in [0.15, 0.2) is 53.4 Å². The topological polar surface area (TPSA) is 74.8 Å². The monoisotopic (exact) mass is 1330 g/mol. The molecule has 1 unspecified atom stereocenters. The van der Waals surface area contributed by atoms with Crippen LogP contribution < -0.4 is 14.2 Å². The Hall–Kier alpha value is -1.12. The van der Waals surface area contributed by atoms with Gasteiger partial charge in [-0.05, 0) is 231 Å². The van der Waals surface area contributed by atoms with Gasteiger partial charge < -0.3 is 48.0 Å². The van der Waals surface area contributed by atoms with Gasteiger partial charge in [0.05, 0.1) is 52.9 Å². The predicted molar refractivity (Wildman–Crippen MR) is 399 cm³/mol. The Morgan fingerprint density at radius 3 is 1.60 bits per heavy atom. The average Bonchev–Trinajstić information content (AvgIpc) is 3.64. The molecule has 5 aliphatic heterocycles. The summed E-state index contributed by atoms with van der Waals surface area (Å²) in [6, 6.07) is 17.1. The van der Waals surface area contributed by atoms with Gasteiger partial charge >= 0.3 is 0 Å². The maximum absolute atomic E-state index is 5.83. The van der Waals surface area contributed by atoms with Crippen LogP contribution in [0.5, 0.6) is 17.2 Å². The lowest BCUT2D eigenvalue weighted by Gasteiger charge is -2.34. The van der Waals surface area contributed by atoms with E-state index < -0.39 is 0 Å². The van der Waals surface area contributed by atoms with E-state index in [2.05, 4.69) is 125 Å². The lowest BCUT2D eigenvalue weighted by Crippen LogP contribution is -2.42. The molecule has 90 heavy (non-hydrogen) atoms. The molecule has 5 fully saturated rings. The zero-order chi connectivity index (χ0) is 64.3. The predicted octanol–water partition coefficient (Wildman–Crippen LogP) is 16.3. The number of para-hydroxylation sites is 2. The van der Waals surface area contributed by atoms with Crippen LogP contribution in [0.2, 0.25) is 0 Å². The molecule has 0 spiro atoms. The number of hydrogen-bond acceptors (Lipinski definition) is 16. The maximum atomic E-state index is 5.83. The number of unbranched alkanes of at least 4 members (excludes halogenated alkanes) is 7. The first-order chi connectivity index (χ1) is 44.4. The van der Waals surface area contributed by atoms with Crippen molar-refractivity contribution in [3.8, 4) is 17.2 Å². The van der Waals surface area contributed by atoms with Crippen LogP contribution in [0.3, 0.4) is 0 Å². The molecule has 0 aliphatic carbocycles. The second kappa shape index (κ2) is 61.5. The number of piperidine rings is 5. The van der Waals surface area contributed by atoms with E-state index in [4.69, 9.17) is 28.4 Å². The third kappa shape index (κ3) is 46.9. The molecular weight excluding hydrogens is 1200 g/mol. The van der Waals surface area contributed by atoms with Gasteiger partial charge in [-0.3, -0.25) is 9.80 Å². The minimum absolute atomic E-state index is 0.628. The van der Waals surface area contributed by atoms with Crippen molar-refractivity contribution in [1.29, 1.82) is 0 Å². The Balaban J connectivity index is 0.000000297. The summed E-state index contributed by atoms with van der Waals surface area (Å²) in [6.45, 7) is 34.4. The maximum Gasteiger partial charge on any atom is 0.161 e. The second-order valence-electron chi connectivity index (χ2n) is 25.2. The van der Waals surface area contributed by atoms with Crippen molar-refractivity contribution in [1.82, 2.24) is 29.4 Å². The standard InChI is InChI=1S/C19H31NOS.C16H32N2OS.C15H23NO2.C12H25NO2S.C12H27NS/c1-2-3-16-21-18-9-11-19(12-10-18)22-17-8-7-15-20-13-5-4-6-14-20;1-3-7-17(8-4-1)11-13-19-14-16-20-15-12-18-9-5-2-6-10-18;1-2-17-14-8-4-5-9-15(14)18-13-12-16-10-6-3-7-11-16;1-2-13-6-4-3-5-12(13)11-15-8-7-14-9-10-16;1-4-5-6-7-8-9-11-14-12-10-13(2)3/h9-12H,2-8,13-17H2,1H3;1-16H2;4-5,8-9H,2-3,6-7,10-13H2,1H3;12,16H,2-11H2,1H3;4-12H2,1-3H3. The summed E-state index contributed by atoms with van der Waals surface area (Å²) in [5, 5.41) is 0. The number of thiol groups is 1. The van der Waals surface area contributed by atoms with Gasteiger partial charge in [-0.15, -0.1) is 11.8 Å². The molecule has 5 aliphatic rings. The van der Waals surface area contributed by atoms with E-state index in [1.807, 2.05) is 43.0 Å². The summed E-state index contributed by atoms with van der Waals surface area (Å²) in [5.74, 6) is 9.80. The molecule has 0 amide bonds. The molecule has 0 aromatic heterocycles. The van der Waals surface area contributed by atoms with Gasteiger partial charge in [0.15, 0.2) is 11.5 Å². The normalized spacial score (nSPS) is 17.8. The molecule has 12 nitrogen and oxygen atoms in total. The van der Waals surface area contributed by atoms with Crippen LogP contribution in [-0.2, 0) is 14.2 Å². The van der Waals surface area contributed by atoms with E-state index in [1.165, 1.54) is 261 Å². The van der Waals surface area contributed by atoms with Gasteiger partial charge in [0.25, 0.3) is 0 Å². The molecule has 1 atom stereocenters. The Morgan fingerprint density at radius 2 is 0.989 bits per heavy atom. The number of rotatable bonds is 43. The Labute approximate surface area is 573 Å². The van der Waals surface area contributed by atoms with E-state index >= 15 is 0 Å². The quantitative estimate of drug-likeness (QED) is 0.0389. The fourth-order valence-electron chi connectivity index (χ4n) is 11.7. The minimum Gasteiger partial charge on any atom is -0.494 e. The van der Waals surface area contributed by atoms with Crippen molar-refractivity contribution in [3.05, 3.63) is 48.5 Å². The summed E-state index contributed by atoms with van der Waals surface area (Å²) in [5.41, 5.74) is 0. The third-order valence-corrected chi connectivity index (χ3v) is 20.5. The number of hydrogen-bond donors (Lipinski definition) is 1. The van der Waals surface area contributed by atoms with Gasteiger partial charge in [-0.1, -0.05) is 104 Å². The van der Waals surface area contributed by atoms with Crippen LogP contribution in [-0.4, -0.2) is 242 Å². The van der Waals surface area contributed by atoms with E-state index in [9.17, 15) is 0 Å². The highest BCUT2D eigenvalue weighted by Gasteiger charge is 2.21. The zero-order valence-electron chi connectivity index (χ0n) is 58.9. The molecule has 16 heteroatoms. The molecule has 0 radical (unpaired) electrons. The van der Waals surface area contributed by atoms with Gasteiger partial charge in [0, 0.05) is 60.1 Å². The van der Waals surface area contributed by atoms with Crippen LogP contribution >= 0.6 is 47.9 Å². The highest BCUT2D eigenvalue weighted by Crippen LogP contribution is 2.27. The highest BCUT2D eigenvalue weighted by molar-refractivity contribution is 7.99. The first kappa shape index (κ1) is 83.1. The van der Waals surface area contributed by atoms with Gasteiger partial charge in [0.2, 0.25) is 0 Å². The largest absolute Gasteiger partial charge is 0.494 e. The molecule has 0 saturated carbocycles.